The zero-order chi connectivity index (χ0) is 21.6. The molecule has 0 aliphatic heterocycles. The number of benzene rings is 2. The van der Waals surface area contributed by atoms with Gasteiger partial charge in [0.2, 0.25) is 5.91 Å². The number of carbonyl (C=O) groups is 1. The van der Waals surface area contributed by atoms with Crippen LogP contribution in [0.2, 0.25) is 0 Å². The van der Waals surface area contributed by atoms with E-state index in [-0.39, 0.29) is 11.7 Å². The molecule has 0 spiro atoms. The van der Waals surface area contributed by atoms with Crippen LogP contribution in [0.15, 0.2) is 82.3 Å². The summed E-state index contributed by atoms with van der Waals surface area (Å²) < 4.78 is 2.94. The van der Waals surface area contributed by atoms with Crippen LogP contribution >= 0.6 is 39.0 Å². The van der Waals surface area contributed by atoms with Crippen LogP contribution < -0.4 is 5.32 Å². The quantitative estimate of drug-likeness (QED) is 0.241. The summed E-state index contributed by atoms with van der Waals surface area (Å²) in [6, 6.07) is 17.7. The van der Waals surface area contributed by atoms with Gasteiger partial charge in [-0.3, -0.25) is 9.36 Å². The van der Waals surface area contributed by atoms with Crippen LogP contribution in [0.25, 0.3) is 22.6 Å². The minimum atomic E-state index is -0.141. The summed E-state index contributed by atoms with van der Waals surface area (Å²) in [4.78, 5) is 17.0. The average Bonchev–Trinajstić information content (AvgIpc) is 3.41. The van der Waals surface area contributed by atoms with Crippen molar-refractivity contribution in [2.75, 3.05) is 11.1 Å². The lowest BCUT2D eigenvalue weighted by Gasteiger charge is -2.08. The van der Waals surface area contributed by atoms with E-state index in [0.717, 1.165) is 27.1 Å². The fourth-order valence-electron chi connectivity index (χ4n) is 2.86. The molecular formula is C22H18BrN5OS2. The van der Waals surface area contributed by atoms with Gasteiger partial charge in [0, 0.05) is 27.5 Å². The first-order valence-corrected chi connectivity index (χ1v) is 12.0. The Hall–Kier alpha value is -2.75. The molecule has 156 valence electrons. The lowest BCUT2D eigenvalue weighted by atomic mass is 10.2. The number of amides is 1. The first-order chi connectivity index (χ1) is 15.1. The molecule has 0 radical (unpaired) electrons. The molecule has 0 atom stereocenters. The number of anilines is 1. The Morgan fingerprint density at radius 3 is 2.65 bits per heavy atom. The van der Waals surface area contributed by atoms with Crippen LogP contribution in [0.5, 0.6) is 0 Å². The molecule has 0 saturated carbocycles. The second-order valence-corrected chi connectivity index (χ2v) is 9.17. The smallest absolute Gasteiger partial charge is 0.236 e. The first-order valence-electron chi connectivity index (χ1n) is 9.37. The molecule has 1 amide bonds. The van der Waals surface area contributed by atoms with E-state index < -0.39 is 0 Å². The third-order valence-corrected chi connectivity index (χ3v) is 6.54. The van der Waals surface area contributed by atoms with E-state index in [1.54, 1.807) is 6.08 Å². The van der Waals surface area contributed by atoms with E-state index in [1.807, 2.05) is 64.5 Å². The number of aromatic nitrogens is 4. The summed E-state index contributed by atoms with van der Waals surface area (Å²) in [5.41, 5.74) is 2.81. The van der Waals surface area contributed by atoms with Crippen molar-refractivity contribution >= 4 is 50.1 Å². The van der Waals surface area contributed by atoms with Gasteiger partial charge in [-0.2, -0.15) is 0 Å². The van der Waals surface area contributed by atoms with Gasteiger partial charge in [-0.15, -0.1) is 28.1 Å². The van der Waals surface area contributed by atoms with Gasteiger partial charge in [-0.1, -0.05) is 76.2 Å². The van der Waals surface area contributed by atoms with Crippen LogP contribution in [-0.4, -0.2) is 31.4 Å². The van der Waals surface area contributed by atoms with Crippen molar-refractivity contribution in [3.63, 3.8) is 0 Å². The average molecular weight is 512 g/mol. The Labute approximate surface area is 196 Å². The number of thioether (sulfide) groups is 1. The van der Waals surface area contributed by atoms with Crippen molar-refractivity contribution in [2.24, 2.45) is 0 Å². The highest BCUT2D eigenvalue weighted by Crippen LogP contribution is 2.27. The molecule has 2 aromatic heterocycles. The van der Waals surface area contributed by atoms with Crippen LogP contribution in [0.4, 0.5) is 5.13 Å². The van der Waals surface area contributed by atoms with Crippen LogP contribution in [0.3, 0.4) is 0 Å². The zero-order valence-electron chi connectivity index (χ0n) is 16.4. The zero-order valence-corrected chi connectivity index (χ0v) is 19.6. The highest BCUT2D eigenvalue weighted by atomic mass is 79.9. The number of nitrogens with one attached hydrogen (secondary N) is 1. The van der Waals surface area contributed by atoms with Gasteiger partial charge in [0.1, 0.15) is 0 Å². The van der Waals surface area contributed by atoms with Crippen molar-refractivity contribution < 1.29 is 4.79 Å². The SMILES string of the molecule is C=CCn1c(SCC(=O)Nc2nc(-c3ccccc3)cs2)nnc1-c1ccc(Br)cc1. The maximum absolute atomic E-state index is 12.5. The van der Waals surface area contributed by atoms with Gasteiger partial charge < -0.3 is 5.32 Å². The van der Waals surface area contributed by atoms with E-state index in [9.17, 15) is 4.79 Å². The Morgan fingerprint density at radius 2 is 1.90 bits per heavy atom. The number of rotatable bonds is 8. The topological polar surface area (TPSA) is 72.7 Å². The fraction of sp³-hybridized carbons (Fsp3) is 0.0909. The van der Waals surface area contributed by atoms with Crippen molar-refractivity contribution in [1.29, 1.82) is 0 Å². The molecule has 1 N–H and O–H groups in total. The second kappa shape index (κ2) is 10.0. The Morgan fingerprint density at radius 1 is 1.13 bits per heavy atom. The van der Waals surface area contributed by atoms with E-state index in [2.05, 4.69) is 43.0 Å². The number of allylic oxidation sites excluding steroid dienone is 1. The number of hydrogen-bond acceptors (Lipinski definition) is 6. The van der Waals surface area contributed by atoms with Gasteiger partial charge >= 0.3 is 0 Å². The monoisotopic (exact) mass is 511 g/mol. The number of halogens is 1. The lowest BCUT2D eigenvalue weighted by molar-refractivity contribution is -0.113. The minimum Gasteiger partial charge on any atom is -0.301 e. The third kappa shape index (κ3) is 5.30. The molecule has 2 aromatic carbocycles. The highest BCUT2D eigenvalue weighted by Gasteiger charge is 2.16. The van der Waals surface area contributed by atoms with Gasteiger partial charge in [0.15, 0.2) is 16.1 Å². The first kappa shape index (κ1) is 21.5. The standard InChI is InChI=1S/C22H18BrN5OS2/c1-2-12-28-20(16-8-10-17(23)11-9-16)26-27-22(28)31-14-19(29)25-21-24-18(13-30-21)15-6-4-3-5-7-15/h2-11,13H,1,12,14H2,(H,24,25,29). The number of thiazole rings is 1. The molecule has 9 heteroatoms. The predicted octanol–water partition coefficient (Wildman–Crippen LogP) is 5.75. The van der Waals surface area contributed by atoms with E-state index >= 15 is 0 Å². The largest absolute Gasteiger partial charge is 0.301 e. The van der Waals surface area contributed by atoms with E-state index in [1.165, 1.54) is 23.1 Å². The predicted molar refractivity (Wildman–Crippen MR) is 130 cm³/mol. The highest BCUT2D eigenvalue weighted by molar-refractivity contribution is 9.10. The molecule has 0 aliphatic carbocycles. The number of hydrogen-bond donors (Lipinski definition) is 1. The Kier molecular flexibility index (Phi) is 6.96. The molecule has 6 nitrogen and oxygen atoms in total. The van der Waals surface area contributed by atoms with Gasteiger partial charge in [-0.05, 0) is 12.1 Å². The van der Waals surface area contributed by atoms with Crippen molar-refractivity contribution in [3.05, 3.63) is 77.1 Å². The third-order valence-electron chi connectivity index (χ3n) is 4.28. The molecular weight excluding hydrogens is 494 g/mol. The molecule has 4 rings (SSSR count). The van der Waals surface area contributed by atoms with E-state index in [4.69, 9.17) is 0 Å². The number of carbonyl (C=O) groups excluding carboxylic acids is 1. The van der Waals surface area contributed by atoms with Crippen LogP contribution in [-0.2, 0) is 11.3 Å². The van der Waals surface area contributed by atoms with Crippen molar-refractivity contribution in [1.82, 2.24) is 19.7 Å². The molecule has 0 saturated heterocycles. The van der Waals surface area contributed by atoms with E-state index in [0.29, 0.717) is 16.8 Å². The second-order valence-electron chi connectivity index (χ2n) is 6.45. The molecule has 0 aliphatic rings. The van der Waals surface area contributed by atoms with Crippen LogP contribution in [0, 0.1) is 0 Å². The maximum Gasteiger partial charge on any atom is 0.236 e. The summed E-state index contributed by atoms with van der Waals surface area (Å²) in [6.07, 6.45) is 1.79. The molecule has 0 unspecified atom stereocenters. The molecule has 4 aromatic rings. The number of nitrogens with zero attached hydrogens (tertiary/aromatic N) is 4. The summed E-state index contributed by atoms with van der Waals surface area (Å²) in [6.45, 7) is 4.38. The van der Waals surface area contributed by atoms with Gasteiger partial charge in [0.25, 0.3) is 0 Å². The van der Waals surface area contributed by atoms with Gasteiger partial charge in [0.05, 0.1) is 11.4 Å². The lowest BCUT2D eigenvalue weighted by Crippen LogP contribution is -2.14. The maximum atomic E-state index is 12.5. The summed E-state index contributed by atoms with van der Waals surface area (Å²) in [5, 5.41) is 14.6. The summed E-state index contributed by atoms with van der Waals surface area (Å²) in [7, 11) is 0. The minimum absolute atomic E-state index is 0.141. The van der Waals surface area contributed by atoms with Gasteiger partial charge in [-0.25, -0.2) is 4.98 Å². The molecule has 2 heterocycles. The summed E-state index contributed by atoms with van der Waals surface area (Å²) >= 11 is 6.18. The molecule has 31 heavy (non-hydrogen) atoms. The molecule has 0 fully saturated rings. The Bertz CT molecular complexity index is 1190. The van der Waals surface area contributed by atoms with Crippen molar-refractivity contribution in [2.45, 2.75) is 11.7 Å². The normalized spacial score (nSPS) is 10.7. The fourth-order valence-corrected chi connectivity index (χ4v) is 4.61. The summed E-state index contributed by atoms with van der Waals surface area (Å²) in [5.74, 6) is 0.801. The Balaban J connectivity index is 1.42. The molecule has 0 bridgehead atoms. The van der Waals surface area contributed by atoms with Crippen molar-refractivity contribution in [3.8, 4) is 22.6 Å². The van der Waals surface area contributed by atoms with Crippen LogP contribution in [0.1, 0.15) is 0 Å².